The zero-order valence-corrected chi connectivity index (χ0v) is 22.3. The van der Waals surface area contributed by atoms with E-state index in [1.165, 1.54) is 12.1 Å². The molecule has 0 atom stereocenters. The Hall–Kier alpha value is -3.82. The van der Waals surface area contributed by atoms with E-state index in [2.05, 4.69) is 10.3 Å². The van der Waals surface area contributed by atoms with Crippen LogP contribution in [0.5, 0.6) is 0 Å². The zero-order valence-electron chi connectivity index (χ0n) is 22.3. The lowest BCUT2D eigenvalue weighted by Gasteiger charge is -2.31. The van der Waals surface area contributed by atoms with Gasteiger partial charge in [-0.05, 0) is 61.7 Å². The Morgan fingerprint density at radius 3 is 2.38 bits per heavy atom. The van der Waals surface area contributed by atoms with Gasteiger partial charge in [0.1, 0.15) is 5.82 Å². The second-order valence-corrected chi connectivity index (χ2v) is 9.95. The van der Waals surface area contributed by atoms with Crippen molar-refractivity contribution < 1.29 is 23.5 Å². The average Bonchev–Trinajstić information content (AvgIpc) is 2.98. The molecule has 0 unspecified atom stereocenters. The second kappa shape index (κ2) is 11.9. The van der Waals surface area contributed by atoms with E-state index in [-0.39, 0.29) is 17.5 Å². The minimum absolute atomic E-state index is 0.0177. The minimum atomic E-state index is -0.469. The highest BCUT2D eigenvalue weighted by molar-refractivity contribution is 6.05. The molecule has 2 fully saturated rings. The maximum atomic E-state index is 14.4. The summed E-state index contributed by atoms with van der Waals surface area (Å²) in [6, 6.07) is 13.8. The summed E-state index contributed by atoms with van der Waals surface area (Å²) in [6.07, 6.45) is 3.27. The summed E-state index contributed by atoms with van der Waals surface area (Å²) in [5, 5.41) is 2.85. The highest BCUT2D eigenvalue weighted by Gasteiger charge is 2.23. The molecule has 0 radical (unpaired) electrons. The van der Waals surface area contributed by atoms with Gasteiger partial charge in [0.15, 0.2) is 0 Å². The lowest BCUT2D eigenvalue weighted by atomic mass is 10.0. The van der Waals surface area contributed by atoms with Crippen LogP contribution in [0.2, 0.25) is 0 Å². The standard InChI is InChI=1S/C30H33FN4O4/c1-20-28(21-3-5-22(6-4-21)30(37)34(2)26-7-11-38-12-8-26)18-25(19-32-20)33-29(36)23-15-24(31)17-27(16-23)35-9-13-39-14-10-35/h3-6,15-19,26H,7-14H2,1-2H3,(H,33,36). The molecule has 0 aliphatic carbocycles. The van der Waals surface area contributed by atoms with Crippen LogP contribution in [-0.2, 0) is 9.47 Å². The largest absolute Gasteiger partial charge is 0.381 e. The highest BCUT2D eigenvalue weighted by Crippen LogP contribution is 2.27. The molecule has 8 nitrogen and oxygen atoms in total. The molecule has 3 heterocycles. The van der Waals surface area contributed by atoms with Crippen LogP contribution in [0.1, 0.15) is 39.3 Å². The van der Waals surface area contributed by atoms with E-state index in [1.54, 1.807) is 17.2 Å². The number of rotatable bonds is 6. The third-order valence-electron chi connectivity index (χ3n) is 7.37. The first-order valence-electron chi connectivity index (χ1n) is 13.3. The fraction of sp³-hybridized carbons (Fsp3) is 0.367. The van der Waals surface area contributed by atoms with Crippen molar-refractivity contribution in [2.24, 2.45) is 0 Å². The van der Waals surface area contributed by atoms with Gasteiger partial charge in [-0.1, -0.05) is 12.1 Å². The fourth-order valence-electron chi connectivity index (χ4n) is 5.04. The number of pyridine rings is 1. The topological polar surface area (TPSA) is 84.0 Å². The molecule has 5 rings (SSSR count). The second-order valence-electron chi connectivity index (χ2n) is 9.95. The van der Waals surface area contributed by atoms with Gasteiger partial charge >= 0.3 is 0 Å². The number of morpholine rings is 1. The molecule has 2 aromatic carbocycles. The summed E-state index contributed by atoms with van der Waals surface area (Å²) in [5.74, 6) is -0.905. The quantitative estimate of drug-likeness (QED) is 0.502. The van der Waals surface area contributed by atoms with Crippen LogP contribution < -0.4 is 10.2 Å². The third-order valence-corrected chi connectivity index (χ3v) is 7.37. The fourth-order valence-corrected chi connectivity index (χ4v) is 5.04. The SMILES string of the molecule is Cc1ncc(NC(=O)c2cc(F)cc(N3CCOCC3)c2)cc1-c1ccc(C(=O)N(C)C2CCOCC2)cc1. The molecular formula is C30H33FN4O4. The molecule has 3 aromatic rings. The third kappa shape index (κ3) is 6.26. The summed E-state index contributed by atoms with van der Waals surface area (Å²) in [7, 11) is 1.84. The molecule has 0 bridgehead atoms. The lowest BCUT2D eigenvalue weighted by Crippen LogP contribution is -2.40. The van der Waals surface area contributed by atoms with Crippen LogP contribution in [0.25, 0.3) is 11.1 Å². The molecule has 2 amide bonds. The van der Waals surface area contributed by atoms with Crippen molar-refractivity contribution in [2.45, 2.75) is 25.8 Å². The lowest BCUT2D eigenvalue weighted by molar-refractivity contribution is 0.0362. The number of halogens is 1. The van der Waals surface area contributed by atoms with Crippen molar-refractivity contribution >= 4 is 23.2 Å². The number of ether oxygens (including phenoxy) is 2. The summed E-state index contributed by atoms with van der Waals surface area (Å²) in [5.41, 5.74) is 4.49. The summed E-state index contributed by atoms with van der Waals surface area (Å²) >= 11 is 0. The number of hydrogen-bond donors (Lipinski definition) is 1. The molecule has 1 N–H and O–H groups in total. The first-order valence-corrected chi connectivity index (χ1v) is 13.3. The van der Waals surface area contributed by atoms with Crippen molar-refractivity contribution in [3.8, 4) is 11.1 Å². The maximum absolute atomic E-state index is 14.4. The molecule has 39 heavy (non-hydrogen) atoms. The molecule has 9 heteroatoms. The highest BCUT2D eigenvalue weighted by atomic mass is 19.1. The molecule has 0 saturated carbocycles. The molecule has 1 aromatic heterocycles. The molecule has 204 valence electrons. The Kier molecular flexibility index (Phi) is 8.18. The van der Waals surface area contributed by atoms with E-state index in [1.807, 2.05) is 49.2 Å². The van der Waals surface area contributed by atoms with Gasteiger partial charge in [0, 0.05) is 67.5 Å². The Morgan fingerprint density at radius 2 is 1.67 bits per heavy atom. The van der Waals surface area contributed by atoms with Crippen molar-refractivity contribution in [3.63, 3.8) is 0 Å². The maximum Gasteiger partial charge on any atom is 0.255 e. The smallest absolute Gasteiger partial charge is 0.255 e. The van der Waals surface area contributed by atoms with Gasteiger partial charge in [-0.2, -0.15) is 0 Å². The van der Waals surface area contributed by atoms with E-state index < -0.39 is 11.7 Å². The Labute approximate surface area is 227 Å². The van der Waals surface area contributed by atoms with Crippen LogP contribution in [0.3, 0.4) is 0 Å². The van der Waals surface area contributed by atoms with Gasteiger partial charge in [-0.25, -0.2) is 4.39 Å². The number of carbonyl (C=O) groups is 2. The van der Waals surface area contributed by atoms with Crippen LogP contribution in [-0.4, -0.2) is 74.3 Å². The number of anilines is 2. The molecule has 0 spiro atoms. The van der Waals surface area contributed by atoms with Gasteiger partial charge in [-0.15, -0.1) is 0 Å². The predicted octanol–water partition coefficient (Wildman–Crippen LogP) is 4.54. The first kappa shape index (κ1) is 26.8. The Morgan fingerprint density at radius 1 is 0.974 bits per heavy atom. The number of carbonyl (C=O) groups excluding carboxylic acids is 2. The van der Waals surface area contributed by atoms with E-state index in [0.29, 0.717) is 56.5 Å². The van der Waals surface area contributed by atoms with Crippen LogP contribution in [0.4, 0.5) is 15.8 Å². The number of benzene rings is 2. The van der Waals surface area contributed by atoms with Crippen LogP contribution in [0, 0.1) is 12.7 Å². The zero-order chi connectivity index (χ0) is 27.4. The monoisotopic (exact) mass is 532 g/mol. The molecule has 2 aliphatic heterocycles. The van der Waals surface area contributed by atoms with Gasteiger partial charge < -0.3 is 24.6 Å². The van der Waals surface area contributed by atoms with Crippen LogP contribution in [0.15, 0.2) is 54.7 Å². The number of aromatic nitrogens is 1. The number of nitrogens with one attached hydrogen (secondary N) is 1. The van der Waals surface area contributed by atoms with Crippen molar-refractivity contribution in [2.75, 3.05) is 56.8 Å². The Bertz CT molecular complexity index is 1340. The first-order chi connectivity index (χ1) is 18.9. The normalized spacial score (nSPS) is 16.1. The van der Waals surface area contributed by atoms with E-state index in [9.17, 15) is 14.0 Å². The van der Waals surface area contributed by atoms with Gasteiger partial charge in [0.05, 0.1) is 25.1 Å². The van der Waals surface area contributed by atoms with E-state index in [4.69, 9.17) is 9.47 Å². The van der Waals surface area contributed by atoms with Gasteiger partial charge in [0.25, 0.3) is 11.8 Å². The number of hydrogen-bond acceptors (Lipinski definition) is 6. The Balaban J connectivity index is 1.31. The predicted molar refractivity (Wildman–Crippen MR) is 148 cm³/mol. The number of nitrogens with zero attached hydrogens (tertiary/aromatic N) is 3. The summed E-state index contributed by atoms with van der Waals surface area (Å²) < 4.78 is 25.2. The van der Waals surface area contributed by atoms with Crippen molar-refractivity contribution in [1.29, 1.82) is 0 Å². The van der Waals surface area contributed by atoms with Gasteiger partial charge in [0.2, 0.25) is 0 Å². The van der Waals surface area contributed by atoms with Crippen LogP contribution >= 0.6 is 0 Å². The van der Waals surface area contributed by atoms with E-state index in [0.717, 1.165) is 29.7 Å². The van der Waals surface area contributed by atoms with E-state index >= 15 is 0 Å². The van der Waals surface area contributed by atoms with Crippen molar-refractivity contribution in [3.05, 3.63) is 77.4 Å². The number of aryl methyl sites for hydroxylation is 1. The molecular weight excluding hydrogens is 499 g/mol. The summed E-state index contributed by atoms with van der Waals surface area (Å²) in [6.45, 7) is 5.66. The number of amides is 2. The van der Waals surface area contributed by atoms with Gasteiger partial charge in [-0.3, -0.25) is 14.6 Å². The average molecular weight is 533 g/mol. The summed E-state index contributed by atoms with van der Waals surface area (Å²) in [4.78, 5) is 34.3. The molecule has 2 saturated heterocycles. The molecule has 2 aliphatic rings. The van der Waals surface area contributed by atoms with Crippen molar-refractivity contribution in [1.82, 2.24) is 9.88 Å². The minimum Gasteiger partial charge on any atom is -0.381 e.